The lowest BCUT2D eigenvalue weighted by Crippen LogP contribution is -2.00. The van der Waals surface area contributed by atoms with Gasteiger partial charge in [0.15, 0.2) is 16.7 Å². The smallest absolute Gasteiger partial charge is 0.191 e. The molecule has 2 heterocycles. The van der Waals surface area contributed by atoms with Crippen LogP contribution in [0.1, 0.15) is 19.8 Å². The van der Waals surface area contributed by atoms with E-state index in [1.165, 1.54) is 12.8 Å². The van der Waals surface area contributed by atoms with Crippen molar-refractivity contribution in [1.82, 2.24) is 29.8 Å². The molecule has 1 aliphatic rings. The second-order valence-electron chi connectivity index (χ2n) is 4.58. The summed E-state index contributed by atoms with van der Waals surface area (Å²) in [5, 5.41) is 17.5. The molecule has 96 valence electrons. The highest BCUT2D eigenvalue weighted by Crippen LogP contribution is 2.35. The fourth-order valence-electron chi connectivity index (χ4n) is 1.80. The zero-order valence-corrected chi connectivity index (χ0v) is 11.4. The average molecular weight is 264 g/mol. The number of rotatable bonds is 5. The normalized spacial score (nSPS) is 15.2. The van der Waals surface area contributed by atoms with E-state index in [0.717, 1.165) is 34.9 Å². The van der Waals surface area contributed by atoms with Gasteiger partial charge >= 0.3 is 0 Å². The van der Waals surface area contributed by atoms with E-state index in [2.05, 4.69) is 32.0 Å². The van der Waals surface area contributed by atoms with Crippen LogP contribution in [0.25, 0.3) is 11.5 Å². The van der Waals surface area contributed by atoms with Gasteiger partial charge in [0.1, 0.15) is 0 Å². The zero-order valence-electron chi connectivity index (χ0n) is 10.6. The first kappa shape index (κ1) is 11.7. The minimum absolute atomic E-state index is 0.783. The Labute approximate surface area is 110 Å². The molecule has 0 bridgehead atoms. The summed E-state index contributed by atoms with van der Waals surface area (Å²) in [6.45, 7) is 2.95. The van der Waals surface area contributed by atoms with Crippen LogP contribution in [-0.4, -0.2) is 35.5 Å². The van der Waals surface area contributed by atoms with Crippen LogP contribution in [-0.2, 0) is 13.6 Å². The van der Waals surface area contributed by atoms with E-state index in [1.54, 1.807) is 16.4 Å². The second-order valence-corrected chi connectivity index (χ2v) is 5.57. The fourth-order valence-corrected chi connectivity index (χ4v) is 2.98. The van der Waals surface area contributed by atoms with Crippen LogP contribution in [0.15, 0.2) is 11.4 Å². The fraction of sp³-hybridized carbons (Fsp3) is 0.636. The van der Waals surface area contributed by atoms with Gasteiger partial charge < -0.3 is 4.57 Å². The Morgan fingerprint density at radius 1 is 1.33 bits per heavy atom. The molecule has 7 heteroatoms. The minimum Gasteiger partial charge on any atom is -0.301 e. The third-order valence-corrected chi connectivity index (χ3v) is 4.21. The minimum atomic E-state index is 0.783. The standard InChI is InChI=1S/C11H16N6S/c1-3-17-10(9-6-16(2)15-12-9)13-14-11(17)18-7-8-4-5-8/h6,8H,3-5,7H2,1-2H3. The Morgan fingerprint density at radius 2 is 2.17 bits per heavy atom. The van der Waals surface area contributed by atoms with Gasteiger partial charge in [-0.25, -0.2) is 0 Å². The van der Waals surface area contributed by atoms with Crippen molar-refractivity contribution in [3.63, 3.8) is 0 Å². The van der Waals surface area contributed by atoms with E-state index in [9.17, 15) is 0 Å². The molecule has 0 saturated heterocycles. The Morgan fingerprint density at radius 3 is 2.78 bits per heavy atom. The molecule has 1 saturated carbocycles. The van der Waals surface area contributed by atoms with E-state index in [-0.39, 0.29) is 0 Å². The molecule has 0 aliphatic heterocycles. The lowest BCUT2D eigenvalue weighted by Gasteiger charge is -2.04. The summed E-state index contributed by atoms with van der Waals surface area (Å²) >= 11 is 1.80. The van der Waals surface area contributed by atoms with E-state index in [0.29, 0.717) is 0 Å². The Kier molecular flexibility index (Phi) is 3.07. The van der Waals surface area contributed by atoms with Crippen LogP contribution >= 0.6 is 11.8 Å². The van der Waals surface area contributed by atoms with Gasteiger partial charge in [0, 0.05) is 19.3 Å². The summed E-state index contributed by atoms with van der Waals surface area (Å²) in [5.41, 5.74) is 0.783. The van der Waals surface area contributed by atoms with Crippen LogP contribution in [0, 0.1) is 5.92 Å². The van der Waals surface area contributed by atoms with Crippen molar-refractivity contribution in [3.05, 3.63) is 6.20 Å². The van der Waals surface area contributed by atoms with Gasteiger partial charge in [-0.1, -0.05) is 17.0 Å². The summed E-state index contributed by atoms with van der Waals surface area (Å²) < 4.78 is 3.79. The maximum atomic E-state index is 4.27. The molecule has 2 aromatic rings. The second kappa shape index (κ2) is 4.72. The maximum Gasteiger partial charge on any atom is 0.191 e. The van der Waals surface area contributed by atoms with Gasteiger partial charge in [0.25, 0.3) is 0 Å². The van der Waals surface area contributed by atoms with Crippen molar-refractivity contribution in [1.29, 1.82) is 0 Å². The molecule has 3 rings (SSSR count). The Bertz CT molecular complexity index is 541. The third-order valence-electron chi connectivity index (χ3n) is 3.01. The summed E-state index contributed by atoms with van der Waals surface area (Å²) in [5.74, 6) is 2.85. The van der Waals surface area contributed by atoms with Gasteiger partial charge in [0.05, 0.1) is 6.20 Å². The molecule has 18 heavy (non-hydrogen) atoms. The lowest BCUT2D eigenvalue weighted by molar-refractivity contribution is 0.684. The molecular weight excluding hydrogens is 248 g/mol. The molecule has 0 radical (unpaired) electrons. The molecule has 0 spiro atoms. The van der Waals surface area contributed by atoms with Crippen molar-refractivity contribution < 1.29 is 0 Å². The van der Waals surface area contributed by atoms with Gasteiger partial charge in [-0.15, -0.1) is 15.3 Å². The molecule has 0 amide bonds. The predicted octanol–water partition coefficient (Wildman–Crippen LogP) is 1.60. The third kappa shape index (κ3) is 2.27. The van der Waals surface area contributed by atoms with Crippen molar-refractivity contribution >= 4 is 11.8 Å². The molecule has 1 fully saturated rings. The molecule has 0 aromatic carbocycles. The van der Waals surface area contributed by atoms with Crippen molar-refractivity contribution in [2.75, 3.05) is 5.75 Å². The predicted molar refractivity (Wildman–Crippen MR) is 69.1 cm³/mol. The Balaban J connectivity index is 1.85. The summed E-state index contributed by atoms with van der Waals surface area (Å²) in [6.07, 6.45) is 4.60. The van der Waals surface area contributed by atoms with Gasteiger partial charge in [-0.05, 0) is 25.7 Å². The SMILES string of the molecule is CCn1c(SCC2CC2)nnc1-c1cn(C)nn1. The highest BCUT2D eigenvalue weighted by molar-refractivity contribution is 7.99. The number of thioether (sulfide) groups is 1. The van der Waals surface area contributed by atoms with E-state index < -0.39 is 0 Å². The Hall–Kier alpha value is -1.37. The van der Waals surface area contributed by atoms with Gasteiger partial charge in [0.2, 0.25) is 0 Å². The molecule has 6 nitrogen and oxygen atoms in total. The van der Waals surface area contributed by atoms with E-state index in [4.69, 9.17) is 0 Å². The number of aromatic nitrogens is 6. The van der Waals surface area contributed by atoms with Crippen LogP contribution in [0.3, 0.4) is 0 Å². The van der Waals surface area contributed by atoms with Gasteiger partial charge in [-0.2, -0.15) is 0 Å². The van der Waals surface area contributed by atoms with Crippen molar-refractivity contribution in [2.45, 2.75) is 31.5 Å². The summed E-state index contributed by atoms with van der Waals surface area (Å²) in [6, 6.07) is 0. The first-order valence-electron chi connectivity index (χ1n) is 6.20. The molecule has 1 aliphatic carbocycles. The van der Waals surface area contributed by atoms with Crippen LogP contribution < -0.4 is 0 Å². The summed E-state index contributed by atoms with van der Waals surface area (Å²) in [4.78, 5) is 0. The molecular formula is C11H16N6S. The molecule has 0 unspecified atom stereocenters. The van der Waals surface area contributed by atoms with Crippen LogP contribution in [0.5, 0.6) is 0 Å². The number of aryl methyl sites for hydroxylation is 1. The lowest BCUT2D eigenvalue weighted by atomic mass is 10.4. The van der Waals surface area contributed by atoms with E-state index >= 15 is 0 Å². The zero-order chi connectivity index (χ0) is 12.5. The molecule has 2 aromatic heterocycles. The average Bonchev–Trinajstić information content (AvgIpc) is 2.95. The molecule has 0 N–H and O–H groups in total. The van der Waals surface area contributed by atoms with Crippen LogP contribution in [0.4, 0.5) is 0 Å². The van der Waals surface area contributed by atoms with Crippen molar-refractivity contribution in [3.8, 4) is 11.5 Å². The van der Waals surface area contributed by atoms with Crippen LogP contribution in [0.2, 0.25) is 0 Å². The first-order valence-corrected chi connectivity index (χ1v) is 7.19. The number of nitrogens with zero attached hydrogens (tertiary/aromatic N) is 6. The maximum absolute atomic E-state index is 4.27. The highest BCUT2D eigenvalue weighted by Gasteiger charge is 2.23. The van der Waals surface area contributed by atoms with Crippen molar-refractivity contribution in [2.24, 2.45) is 13.0 Å². The number of hydrogen-bond acceptors (Lipinski definition) is 5. The first-order chi connectivity index (χ1) is 8.78. The summed E-state index contributed by atoms with van der Waals surface area (Å²) in [7, 11) is 1.85. The number of hydrogen-bond donors (Lipinski definition) is 0. The highest BCUT2D eigenvalue weighted by atomic mass is 32.2. The quantitative estimate of drug-likeness (QED) is 0.768. The monoisotopic (exact) mass is 264 g/mol. The topological polar surface area (TPSA) is 61.4 Å². The molecule has 0 atom stereocenters. The van der Waals surface area contributed by atoms with Gasteiger partial charge in [-0.3, -0.25) is 4.68 Å². The van der Waals surface area contributed by atoms with E-state index in [1.807, 2.05) is 13.2 Å². The largest absolute Gasteiger partial charge is 0.301 e.